The van der Waals surface area contributed by atoms with Crippen LogP contribution in [0.1, 0.15) is 35.7 Å². The molecule has 0 bridgehead atoms. The van der Waals surface area contributed by atoms with Gasteiger partial charge in [-0.05, 0) is 48.7 Å². The third kappa shape index (κ3) is 3.99. The Balaban J connectivity index is 2.14. The number of unbranched alkanes of at least 4 members (excludes halogenated alkanes) is 1. The minimum Gasteiger partial charge on any atom is -0.478 e. The molecule has 0 atom stereocenters. The highest BCUT2D eigenvalue weighted by Gasteiger charge is 2.07. The van der Waals surface area contributed by atoms with Gasteiger partial charge in [0.1, 0.15) is 0 Å². The summed E-state index contributed by atoms with van der Waals surface area (Å²) in [7, 11) is 0. The molecule has 0 aliphatic carbocycles. The molecule has 2 rings (SSSR count). The first-order valence-corrected chi connectivity index (χ1v) is 7.09. The van der Waals surface area contributed by atoms with Crippen molar-refractivity contribution >= 4 is 23.0 Å². The largest absolute Gasteiger partial charge is 0.478 e. The Hall–Kier alpha value is -2.49. The summed E-state index contributed by atoms with van der Waals surface area (Å²) in [6.45, 7) is 2.17. The lowest BCUT2D eigenvalue weighted by Gasteiger charge is -2.11. The zero-order chi connectivity index (χ0) is 15.2. The molecule has 0 aliphatic rings. The van der Waals surface area contributed by atoms with Crippen LogP contribution in [0.25, 0.3) is 0 Å². The number of aromatic carboxylic acids is 1. The van der Waals surface area contributed by atoms with E-state index in [1.165, 1.54) is 24.5 Å². The maximum atomic E-state index is 11.0. The second kappa shape index (κ2) is 6.79. The van der Waals surface area contributed by atoms with Crippen LogP contribution in [0, 0.1) is 0 Å². The Bertz CT molecular complexity index is 621. The van der Waals surface area contributed by atoms with Crippen molar-refractivity contribution in [1.82, 2.24) is 0 Å². The first kappa shape index (κ1) is 14.9. The number of benzene rings is 2. The molecule has 4 N–H and O–H groups in total. The first-order chi connectivity index (χ1) is 10.1. The first-order valence-electron chi connectivity index (χ1n) is 7.09. The molecule has 0 amide bonds. The molecule has 0 saturated heterocycles. The lowest BCUT2D eigenvalue weighted by atomic mass is 10.1. The van der Waals surface area contributed by atoms with Crippen molar-refractivity contribution in [3.63, 3.8) is 0 Å². The zero-order valence-electron chi connectivity index (χ0n) is 12.1. The van der Waals surface area contributed by atoms with Gasteiger partial charge in [-0.25, -0.2) is 4.79 Å². The molecule has 0 radical (unpaired) electrons. The van der Waals surface area contributed by atoms with E-state index in [9.17, 15) is 4.79 Å². The maximum Gasteiger partial charge on any atom is 0.335 e. The monoisotopic (exact) mass is 284 g/mol. The van der Waals surface area contributed by atoms with E-state index in [-0.39, 0.29) is 5.56 Å². The normalized spacial score (nSPS) is 10.3. The lowest BCUT2D eigenvalue weighted by molar-refractivity contribution is 0.0697. The highest BCUT2D eigenvalue weighted by Crippen LogP contribution is 2.25. The van der Waals surface area contributed by atoms with Gasteiger partial charge in [0, 0.05) is 5.69 Å². The number of rotatable bonds is 6. The highest BCUT2D eigenvalue weighted by atomic mass is 16.4. The molecule has 0 saturated carbocycles. The van der Waals surface area contributed by atoms with Gasteiger partial charge < -0.3 is 16.2 Å². The molecule has 2 aromatic carbocycles. The van der Waals surface area contributed by atoms with Crippen molar-refractivity contribution in [2.45, 2.75) is 26.2 Å². The topological polar surface area (TPSA) is 75.3 Å². The average molecular weight is 284 g/mol. The highest BCUT2D eigenvalue weighted by molar-refractivity contribution is 5.91. The van der Waals surface area contributed by atoms with Crippen LogP contribution in [0.2, 0.25) is 0 Å². The van der Waals surface area contributed by atoms with Crippen LogP contribution in [0.3, 0.4) is 0 Å². The Morgan fingerprint density at radius 2 is 1.90 bits per heavy atom. The molecule has 0 unspecified atom stereocenters. The molecular formula is C17H20N2O2. The average Bonchev–Trinajstić information content (AvgIpc) is 2.48. The van der Waals surface area contributed by atoms with Crippen molar-refractivity contribution in [2.24, 2.45) is 0 Å². The smallest absolute Gasteiger partial charge is 0.335 e. The van der Waals surface area contributed by atoms with Gasteiger partial charge >= 0.3 is 5.97 Å². The van der Waals surface area contributed by atoms with Gasteiger partial charge in [0.05, 0.1) is 16.9 Å². The van der Waals surface area contributed by atoms with E-state index >= 15 is 0 Å². The summed E-state index contributed by atoms with van der Waals surface area (Å²) in [5.74, 6) is -0.965. The number of carboxylic acids is 1. The number of nitrogens with two attached hydrogens (primary N) is 1. The van der Waals surface area contributed by atoms with Gasteiger partial charge in [-0.3, -0.25) is 0 Å². The standard InChI is InChI=1S/C17H20N2O2/c1-2-3-4-12-5-8-14(9-6-12)19-16-11-13(17(20)21)7-10-15(16)18/h5-11,19H,2-4,18H2,1H3,(H,20,21). The summed E-state index contributed by atoms with van der Waals surface area (Å²) in [6.07, 6.45) is 3.44. The molecule has 0 aromatic heterocycles. The number of anilines is 3. The Morgan fingerprint density at radius 3 is 2.52 bits per heavy atom. The number of carboxylic acid groups (broad SMARTS) is 1. The molecule has 4 nitrogen and oxygen atoms in total. The second-order valence-corrected chi connectivity index (χ2v) is 5.03. The molecule has 0 fully saturated rings. The van der Waals surface area contributed by atoms with Gasteiger partial charge in [-0.2, -0.15) is 0 Å². The van der Waals surface area contributed by atoms with Crippen LogP contribution in [0.15, 0.2) is 42.5 Å². The second-order valence-electron chi connectivity index (χ2n) is 5.03. The molecule has 21 heavy (non-hydrogen) atoms. The summed E-state index contributed by atoms with van der Waals surface area (Å²) in [5.41, 5.74) is 9.42. The van der Waals surface area contributed by atoms with Crippen LogP contribution in [0.4, 0.5) is 17.1 Å². The predicted octanol–water partition coefficient (Wildman–Crippen LogP) is 4.05. The third-order valence-corrected chi connectivity index (χ3v) is 3.35. The SMILES string of the molecule is CCCCc1ccc(Nc2cc(C(=O)O)ccc2N)cc1. The minimum atomic E-state index is -0.965. The summed E-state index contributed by atoms with van der Waals surface area (Å²) in [5, 5.41) is 12.2. The number of hydrogen-bond acceptors (Lipinski definition) is 3. The molecule has 4 heteroatoms. The zero-order valence-corrected chi connectivity index (χ0v) is 12.1. The lowest BCUT2D eigenvalue weighted by Crippen LogP contribution is -2.01. The number of carbonyl (C=O) groups is 1. The van der Waals surface area contributed by atoms with Gasteiger partial charge in [-0.1, -0.05) is 25.5 Å². The van der Waals surface area contributed by atoms with Crippen LogP contribution in [0.5, 0.6) is 0 Å². The van der Waals surface area contributed by atoms with Gasteiger partial charge in [0.2, 0.25) is 0 Å². The van der Waals surface area contributed by atoms with Gasteiger partial charge in [0.15, 0.2) is 0 Å². The van der Waals surface area contributed by atoms with Gasteiger partial charge in [0.25, 0.3) is 0 Å². The van der Waals surface area contributed by atoms with Crippen molar-refractivity contribution in [3.05, 3.63) is 53.6 Å². The quantitative estimate of drug-likeness (QED) is 0.699. The Kier molecular flexibility index (Phi) is 4.82. The maximum absolute atomic E-state index is 11.0. The molecule has 0 spiro atoms. The van der Waals surface area contributed by atoms with Crippen LogP contribution >= 0.6 is 0 Å². The molecule has 0 aliphatic heterocycles. The van der Waals surface area contributed by atoms with E-state index in [0.717, 1.165) is 12.1 Å². The van der Waals surface area contributed by atoms with Crippen LogP contribution in [-0.2, 0) is 6.42 Å². The molecule has 2 aromatic rings. The van der Waals surface area contributed by atoms with Crippen LogP contribution in [-0.4, -0.2) is 11.1 Å². The van der Waals surface area contributed by atoms with E-state index in [1.54, 1.807) is 12.1 Å². The predicted molar refractivity (Wildman–Crippen MR) is 86.2 cm³/mol. The summed E-state index contributed by atoms with van der Waals surface area (Å²) >= 11 is 0. The third-order valence-electron chi connectivity index (χ3n) is 3.35. The van der Waals surface area contributed by atoms with Crippen molar-refractivity contribution in [2.75, 3.05) is 11.1 Å². The molecular weight excluding hydrogens is 264 g/mol. The van der Waals surface area contributed by atoms with E-state index < -0.39 is 5.97 Å². The van der Waals surface area contributed by atoms with E-state index in [0.29, 0.717) is 11.4 Å². The fourth-order valence-electron chi connectivity index (χ4n) is 2.09. The number of nitrogen functional groups attached to an aromatic ring is 1. The number of hydrogen-bond donors (Lipinski definition) is 3. The van der Waals surface area contributed by atoms with Crippen molar-refractivity contribution in [3.8, 4) is 0 Å². The number of aryl methyl sites for hydroxylation is 1. The van der Waals surface area contributed by atoms with Gasteiger partial charge in [-0.15, -0.1) is 0 Å². The summed E-state index contributed by atoms with van der Waals surface area (Å²) in [4.78, 5) is 11.0. The van der Waals surface area contributed by atoms with Crippen molar-refractivity contribution in [1.29, 1.82) is 0 Å². The van der Waals surface area contributed by atoms with E-state index in [2.05, 4.69) is 24.4 Å². The van der Waals surface area contributed by atoms with E-state index in [4.69, 9.17) is 10.8 Å². The Labute approximate surface area is 124 Å². The fraction of sp³-hybridized carbons (Fsp3) is 0.235. The summed E-state index contributed by atoms with van der Waals surface area (Å²) in [6, 6.07) is 12.8. The van der Waals surface area contributed by atoms with Crippen LogP contribution < -0.4 is 11.1 Å². The Morgan fingerprint density at radius 1 is 1.19 bits per heavy atom. The summed E-state index contributed by atoms with van der Waals surface area (Å²) < 4.78 is 0. The van der Waals surface area contributed by atoms with E-state index in [1.807, 2.05) is 12.1 Å². The minimum absolute atomic E-state index is 0.214. The molecule has 0 heterocycles. The number of nitrogens with one attached hydrogen (secondary N) is 1. The van der Waals surface area contributed by atoms with Crippen molar-refractivity contribution < 1.29 is 9.90 Å². The molecule has 110 valence electrons. The fourth-order valence-corrected chi connectivity index (χ4v) is 2.09.